The van der Waals surface area contributed by atoms with Crippen LogP contribution in [0.5, 0.6) is 0 Å². The number of hydrogen-bond donors (Lipinski definition) is 1. The van der Waals surface area contributed by atoms with Gasteiger partial charge in [0, 0.05) is 21.8 Å². The van der Waals surface area contributed by atoms with Gasteiger partial charge in [0.05, 0.1) is 0 Å². The fraction of sp³-hybridized carbons (Fsp3) is 0.467. The van der Waals surface area contributed by atoms with Gasteiger partial charge in [-0.15, -0.1) is 17.8 Å². The van der Waals surface area contributed by atoms with Gasteiger partial charge in [-0.3, -0.25) is 5.32 Å². The highest BCUT2D eigenvalue weighted by Gasteiger charge is 2.44. The summed E-state index contributed by atoms with van der Waals surface area (Å²) in [6.45, 7) is 5.10. The van der Waals surface area contributed by atoms with Crippen molar-refractivity contribution in [3.63, 3.8) is 0 Å². The molecule has 1 aliphatic heterocycles. The molecular formula is C15H18BrN3O4S2. The minimum Gasteiger partial charge on any atom is -0.444 e. The highest BCUT2D eigenvalue weighted by atomic mass is 79.9. The van der Waals surface area contributed by atoms with Gasteiger partial charge in [-0.25, -0.2) is 22.5 Å². The van der Waals surface area contributed by atoms with Crippen LogP contribution in [0.15, 0.2) is 20.9 Å². The van der Waals surface area contributed by atoms with Gasteiger partial charge in [-0.1, -0.05) is 5.92 Å². The molecule has 0 fully saturated rings. The summed E-state index contributed by atoms with van der Waals surface area (Å²) in [6.07, 6.45) is 4.84. The molecule has 136 valence electrons. The van der Waals surface area contributed by atoms with Crippen LogP contribution in [0.3, 0.4) is 0 Å². The van der Waals surface area contributed by atoms with Crippen molar-refractivity contribution in [1.82, 2.24) is 9.62 Å². The Morgan fingerprint density at radius 1 is 1.56 bits per heavy atom. The number of halogens is 1. The van der Waals surface area contributed by atoms with Crippen LogP contribution in [0, 0.1) is 12.3 Å². The number of carbonyl (C=O) groups is 1. The van der Waals surface area contributed by atoms with E-state index in [0.29, 0.717) is 4.88 Å². The Morgan fingerprint density at radius 3 is 2.68 bits per heavy atom. The first-order chi connectivity index (χ1) is 11.4. The molecule has 0 bridgehead atoms. The third-order valence-electron chi connectivity index (χ3n) is 3.23. The van der Waals surface area contributed by atoms with E-state index in [-0.39, 0.29) is 11.7 Å². The largest absolute Gasteiger partial charge is 0.444 e. The molecule has 10 heteroatoms. The van der Waals surface area contributed by atoms with Crippen LogP contribution < -0.4 is 5.32 Å². The van der Waals surface area contributed by atoms with Crippen LogP contribution in [0.2, 0.25) is 0 Å². The first kappa shape index (κ1) is 19.8. The molecule has 1 atom stereocenters. The molecule has 0 spiro atoms. The average molecular weight is 448 g/mol. The quantitative estimate of drug-likeness (QED) is 0.669. The number of carbonyl (C=O) groups excluding carboxylic acids is 1. The molecule has 0 aromatic carbocycles. The van der Waals surface area contributed by atoms with Crippen molar-refractivity contribution < 1.29 is 17.9 Å². The second kappa shape index (κ2) is 6.63. The summed E-state index contributed by atoms with van der Waals surface area (Å²) in [5.41, 5.74) is -2.15. The zero-order valence-electron chi connectivity index (χ0n) is 14.2. The minimum absolute atomic E-state index is 0.178. The molecule has 1 aromatic rings. The number of aliphatic imine (C=N–C) groups is 1. The molecule has 1 N–H and O–H groups in total. The van der Waals surface area contributed by atoms with E-state index in [1.54, 1.807) is 32.2 Å². The highest BCUT2D eigenvalue weighted by molar-refractivity contribution is 9.10. The second-order valence-corrected chi connectivity index (χ2v) is 10.2. The van der Waals surface area contributed by atoms with Crippen molar-refractivity contribution in [2.45, 2.75) is 31.9 Å². The number of amides is 1. The average Bonchev–Trinajstić information content (AvgIpc) is 2.88. The van der Waals surface area contributed by atoms with Gasteiger partial charge in [-0.2, -0.15) is 0 Å². The molecule has 2 rings (SSSR count). The summed E-state index contributed by atoms with van der Waals surface area (Å²) in [7, 11) is -2.48. The normalized spacial score (nSPS) is 22.7. The van der Waals surface area contributed by atoms with E-state index in [9.17, 15) is 13.2 Å². The molecule has 1 aliphatic rings. The summed E-state index contributed by atoms with van der Waals surface area (Å²) < 4.78 is 32.0. The first-order valence-corrected chi connectivity index (χ1v) is 10.5. The van der Waals surface area contributed by atoms with Gasteiger partial charge >= 0.3 is 6.09 Å². The summed E-state index contributed by atoms with van der Waals surface area (Å²) in [5, 5.41) is 4.17. The van der Waals surface area contributed by atoms with Gasteiger partial charge in [0.2, 0.25) is 16.0 Å². The Morgan fingerprint density at radius 2 is 2.20 bits per heavy atom. The lowest BCUT2D eigenvalue weighted by Crippen LogP contribution is -2.54. The number of rotatable bonds is 1. The molecule has 0 unspecified atom stereocenters. The number of nitrogens with one attached hydrogen (secondary N) is 1. The molecule has 7 nitrogen and oxygen atoms in total. The number of sulfonamides is 1. The molecule has 0 radical (unpaired) electrons. The van der Waals surface area contributed by atoms with E-state index in [1.807, 2.05) is 0 Å². The Labute approximate surface area is 159 Å². The molecule has 25 heavy (non-hydrogen) atoms. The summed E-state index contributed by atoms with van der Waals surface area (Å²) in [4.78, 5) is 17.0. The Hall–Kier alpha value is -1.57. The zero-order chi connectivity index (χ0) is 19.0. The summed E-state index contributed by atoms with van der Waals surface area (Å²) >= 11 is 4.61. The molecule has 1 aromatic heterocycles. The van der Waals surface area contributed by atoms with E-state index in [1.165, 1.54) is 18.4 Å². The number of thiophene rings is 1. The van der Waals surface area contributed by atoms with E-state index >= 15 is 0 Å². The first-order valence-electron chi connectivity index (χ1n) is 7.17. The van der Waals surface area contributed by atoms with Gasteiger partial charge < -0.3 is 4.74 Å². The van der Waals surface area contributed by atoms with Crippen LogP contribution in [0.1, 0.15) is 25.6 Å². The van der Waals surface area contributed by atoms with Crippen LogP contribution in [0.4, 0.5) is 4.79 Å². The van der Waals surface area contributed by atoms with E-state index in [0.717, 1.165) is 8.78 Å². The Kier molecular flexibility index (Phi) is 5.23. The standard InChI is InChI=1S/C15H18BrN3O4S2/c1-6-15(11-7-10(16)8-24-11)9-25(21,22)19(5)12(18-15)17-13(20)23-14(2,3)4/h1,7-8H,9H2,2-5H3,(H,17,18,20)/t15-/m0/s1. The predicted molar refractivity (Wildman–Crippen MR) is 101 cm³/mol. The smallest absolute Gasteiger partial charge is 0.414 e. The van der Waals surface area contributed by atoms with Crippen molar-refractivity contribution >= 4 is 49.3 Å². The molecule has 0 saturated carbocycles. The summed E-state index contributed by atoms with van der Waals surface area (Å²) in [6, 6.07) is 1.72. The van der Waals surface area contributed by atoms with Crippen molar-refractivity contribution in [3.05, 3.63) is 20.8 Å². The molecular weight excluding hydrogens is 430 g/mol. The topological polar surface area (TPSA) is 88.1 Å². The lowest BCUT2D eigenvalue weighted by Gasteiger charge is -2.34. The molecule has 0 aliphatic carbocycles. The monoisotopic (exact) mass is 447 g/mol. The zero-order valence-corrected chi connectivity index (χ0v) is 17.4. The van der Waals surface area contributed by atoms with Gasteiger partial charge in [0.1, 0.15) is 11.4 Å². The number of guanidine groups is 1. The maximum atomic E-state index is 12.6. The minimum atomic E-state index is -3.78. The van der Waals surface area contributed by atoms with E-state index in [2.05, 4.69) is 32.2 Å². The fourth-order valence-corrected chi connectivity index (χ4v) is 5.08. The summed E-state index contributed by atoms with van der Waals surface area (Å²) in [5.74, 6) is 1.91. The predicted octanol–water partition coefficient (Wildman–Crippen LogP) is 2.50. The maximum Gasteiger partial charge on any atom is 0.414 e. The molecule has 1 amide bonds. The number of ether oxygens (including phenoxy) is 1. The number of hydrogen-bond acceptors (Lipinski definition) is 6. The highest BCUT2D eigenvalue weighted by Crippen LogP contribution is 2.37. The van der Waals surface area contributed by atoms with E-state index < -0.39 is 27.3 Å². The van der Waals surface area contributed by atoms with Crippen molar-refractivity contribution in [3.8, 4) is 12.3 Å². The number of nitrogens with zero attached hydrogens (tertiary/aromatic N) is 2. The Bertz CT molecular complexity index is 864. The van der Waals surface area contributed by atoms with Crippen LogP contribution >= 0.6 is 27.3 Å². The van der Waals surface area contributed by atoms with Crippen molar-refractivity contribution in [1.29, 1.82) is 0 Å². The second-order valence-electron chi connectivity index (χ2n) is 6.42. The SMILES string of the molecule is C#C[C@@]1(c2cc(Br)cs2)CS(=O)(=O)N(C)C(NC(=O)OC(C)(C)C)=N1. The Balaban J connectivity index is 2.47. The van der Waals surface area contributed by atoms with Gasteiger partial charge in [0.15, 0.2) is 5.54 Å². The third kappa shape index (κ3) is 4.34. The number of alkyl carbamates (subject to hydrolysis) is 1. The van der Waals surface area contributed by atoms with Crippen LogP contribution in [0.25, 0.3) is 0 Å². The van der Waals surface area contributed by atoms with E-state index in [4.69, 9.17) is 11.2 Å². The van der Waals surface area contributed by atoms with Crippen LogP contribution in [-0.4, -0.2) is 43.2 Å². The number of terminal acetylenes is 1. The maximum absolute atomic E-state index is 12.6. The van der Waals surface area contributed by atoms with Crippen LogP contribution in [-0.2, 0) is 20.3 Å². The van der Waals surface area contributed by atoms with Gasteiger partial charge in [-0.05, 0) is 42.8 Å². The lowest BCUT2D eigenvalue weighted by molar-refractivity contribution is 0.0559. The van der Waals surface area contributed by atoms with Gasteiger partial charge in [0.25, 0.3) is 0 Å². The van der Waals surface area contributed by atoms with Crippen molar-refractivity contribution in [2.75, 3.05) is 12.8 Å². The fourth-order valence-electron chi connectivity index (χ4n) is 2.08. The van der Waals surface area contributed by atoms with Crippen molar-refractivity contribution in [2.24, 2.45) is 4.99 Å². The molecule has 2 heterocycles. The third-order valence-corrected chi connectivity index (χ3v) is 6.86. The molecule has 0 saturated heterocycles. The lowest BCUT2D eigenvalue weighted by atomic mass is 10.0.